The Morgan fingerprint density at radius 3 is 2.83 bits per heavy atom. The van der Waals surface area contributed by atoms with Crippen molar-refractivity contribution in [3.63, 3.8) is 0 Å². The van der Waals surface area contributed by atoms with Gasteiger partial charge in [0, 0.05) is 5.56 Å². The highest BCUT2D eigenvalue weighted by atomic mass is 19.1. The standard InChI is InChI=1S/C17H13FN2O3/c18-14-6-4-13(5-7-14)17-20-15(11-23-17)10-22-16-3-1-2-12(8-16)9-19-21/h1-9,11,21H,10H2/b19-9+. The van der Waals surface area contributed by atoms with Gasteiger partial charge in [-0.25, -0.2) is 9.37 Å². The van der Waals surface area contributed by atoms with Crippen molar-refractivity contribution < 1.29 is 18.8 Å². The van der Waals surface area contributed by atoms with Crippen LogP contribution in [0.5, 0.6) is 5.75 Å². The predicted octanol–water partition coefficient (Wildman–Crippen LogP) is 3.87. The fraction of sp³-hybridized carbons (Fsp3) is 0.0588. The summed E-state index contributed by atoms with van der Waals surface area (Å²) in [5.74, 6) is 0.716. The zero-order chi connectivity index (χ0) is 16.1. The molecule has 0 fully saturated rings. The van der Waals surface area contributed by atoms with Crippen LogP contribution in [-0.2, 0) is 6.61 Å². The zero-order valence-corrected chi connectivity index (χ0v) is 12.0. The molecule has 1 heterocycles. The Labute approximate surface area is 131 Å². The second-order valence-corrected chi connectivity index (χ2v) is 4.76. The van der Waals surface area contributed by atoms with Gasteiger partial charge < -0.3 is 14.4 Å². The Bertz CT molecular complexity index is 813. The zero-order valence-electron chi connectivity index (χ0n) is 12.0. The number of oxazole rings is 1. The Balaban J connectivity index is 1.67. The van der Waals surface area contributed by atoms with Gasteiger partial charge in [-0.2, -0.15) is 0 Å². The fourth-order valence-electron chi connectivity index (χ4n) is 2.01. The summed E-state index contributed by atoms with van der Waals surface area (Å²) < 4.78 is 23.9. The minimum absolute atomic E-state index is 0.227. The van der Waals surface area contributed by atoms with Crippen molar-refractivity contribution in [3.8, 4) is 17.2 Å². The third-order valence-electron chi connectivity index (χ3n) is 3.09. The van der Waals surface area contributed by atoms with E-state index in [4.69, 9.17) is 14.4 Å². The van der Waals surface area contributed by atoms with Crippen LogP contribution in [0.4, 0.5) is 4.39 Å². The normalized spacial score (nSPS) is 11.0. The lowest BCUT2D eigenvalue weighted by molar-refractivity contribution is 0.301. The summed E-state index contributed by atoms with van der Waals surface area (Å²) in [7, 11) is 0. The van der Waals surface area contributed by atoms with Gasteiger partial charge in [0.2, 0.25) is 5.89 Å². The van der Waals surface area contributed by atoms with Crippen LogP contribution in [0.3, 0.4) is 0 Å². The van der Waals surface area contributed by atoms with Crippen molar-refractivity contribution in [1.82, 2.24) is 4.98 Å². The van der Waals surface area contributed by atoms with E-state index in [0.29, 0.717) is 22.9 Å². The van der Waals surface area contributed by atoms with Gasteiger partial charge >= 0.3 is 0 Å². The number of benzene rings is 2. The van der Waals surface area contributed by atoms with Crippen LogP contribution < -0.4 is 4.74 Å². The third kappa shape index (κ3) is 3.74. The first kappa shape index (κ1) is 14.8. The highest BCUT2D eigenvalue weighted by molar-refractivity contribution is 5.79. The van der Waals surface area contributed by atoms with E-state index < -0.39 is 0 Å². The van der Waals surface area contributed by atoms with Crippen molar-refractivity contribution in [1.29, 1.82) is 0 Å². The average Bonchev–Trinajstić information content (AvgIpc) is 3.03. The van der Waals surface area contributed by atoms with Crippen molar-refractivity contribution in [2.45, 2.75) is 6.61 Å². The number of halogens is 1. The molecule has 1 aromatic heterocycles. The van der Waals surface area contributed by atoms with E-state index in [-0.39, 0.29) is 12.4 Å². The molecule has 0 saturated heterocycles. The molecule has 0 amide bonds. The second kappa shape index (κ2) is 6.74. The molecule has 0 aliphatic carbocycles. The van der Waals surface area contributed by atoms with Crippen LogP contribution in [0.15, 0.2) is 64.4 Å². The molecule has 0 unspecified atom stereocenters. The van der Waals surface area contributed by atoms with Crippen LogP contribution in [-0.4, -0.2) is 16.4 Å². The van der Waals surface area contributed by atoms with E-state index in [1.807, 2.05) is 0 Å². The lowest BCUT2D eigenvalue weighted by atomic mass is 10.2. The van der Waals surface area contributed by atoms with Gasteiger partial charge in [0.15, 0.2) is 0 Å². The Morgan fingerprint density at radius 2 is 2.04 bits per heavy atom. The summed E-state index contributed by atoms with van der Waals surface area (Å²) in [4.78, 5) is 4.30. The van der Waals surface area contributed by atoms with E-state index in [2.05, 4.69) is 10.1 Å². The van der Waals surface area contributed by atoms with E-state index in [1.165, 1.54) is 24.6 Å². The van der Waals surface area contributed by atoms with E-state index in [0.717, 1.165) is 5.56 Å². The minimum Gasteiger partial charge on any atom is -0.487 e. The van der Waals surface area contributed by atoms with Gasteiger partial charge in [-0.05, 0) is 42.0 Å². The molecule has 0 saturated carbocycles. The highest BCUT2D eigenvalue weighted by Gasteiger charge is 2.07. The quantitative estimate of drug-likeness (QED) is 0.441. The number of ether oxygens (including phenoxy) is 1. The molecule has 6 heteroatoms. The number of rotatable bonds is 5. The fourth-order valence-corrected chi connectivity index (χ4v) is 2.01. The summed E-state index contributed by atoms with van der Waals surface area (Å²) in [5, 5.41) is 11.5. The molecule has 0 radical (unpaired) electrons. The maximum Gasteiger partial charge on any atom is 0.226 e. The predicted molar refractivity (Wildman–Crippen MR) is 82.1 cm³/mol. The van der Waals surface area contributed by atoms with Gasteiger partial charge in [-0.15, -0.1) is 0 Å². The number of hydrogen-bond acceptors (Lipinski definition) is 5. The van der Waals surface area contributed by atoms with Crippen molar-refractivity contribution >= 4 is 6.21 Å². The van der Waals surface area contributed by atoms with E-state index in [1.54, 1.807) is 36.4 Å². The van der Waals surface area contributed by atoms with Crippen molar-refractivity contribution in [2.75, 3.05) is 0 Å². The average molecular weight is 312 g/mol. The number of nitrogens with zero attached hydrogens (tertiary/aromatic N) is 2. The topological polar surface area (TPSA) is 67.9 Å². The van der Waals surface area contributed by atoms with Gasteiger partial charge in [0.1, 0.15) is 30.1 Å². The summed E-state index contributed by atoms with van der Waals surface area (Å²) in [6, 6.07) is 13.0. The summed E-state index contributed by atoms with van der Waals surface area (Å²) >= 11 is 0. The molecule has 0 atom stereocenters. The first-order valence-electron chi connectivity index (χ1n) is 6.85. The van der Waals surface area contributed by atoms with Crippen LogP contribution in [0.1, 0.15) is 11.3 Å². The molecule has 5 nitrogen and oxygen atoms in total. The summed E-state index contributed by atoms with van der Waals surface area (Å²) in [6.45, 7) is 0.227. The lowest BCUT2D eigenvalue weighted by Gasteiger charge is -2.04. The first-order chi connectivity index (χ1) is 11.2. The van der Waals surface area contributed by atoms with Crippen LogP contribution in [0.2, 0.25) is 0 Å². The second-order valence-electron chi connectivity index (χ2n) is 4.76. The largest absolute Gasteiger partial charge is 0.487 e. The monoisotopic (exact) mass is 312 g/mol. The third-order valence-corrected chi connectivity index (χ3v) is 3.09. The Kier molecular flexibility index (Phi) is 4.33. The maximum atomic E-state index is 12.9. The van der Waals surface area contributed by atoms with Crippen LogP contribution in [0.25, 0.3) is 11.5 Å². The van der Waals surface area contributed by atoms with Crippen molar-refractivity contribution in [2.24, 2.45) is 5.16 Å². The molecular weight excluding hydrogens is 299 g/mol. The van der Waals surface area contributed by atoms with E-state index in [9.17, 15) is 4.39 Å². The van der Waals surface area contributed by atoms with Gasteiger partial charge in [0.05, 0.1) is 6.21 Å². The van der Waals surface area contributed by atoms with Gasteiger partial charge in [-0.1, -0.05) is 17.3 Å². The molecule has 3 aromatic rings. The van der Waals surface area contributed by atoms with E-state index >= 15 is 0 Å². The SMILES string of the molecule is O/N=C/c1cccc(OCc2coc(-c3ccc(F)cc3)n2)c1. The molecule has 0 spiro atoms. The molecule has 3 rings (SSSR count). The molecular formula is C17H13FN2O3. The molecule has 2 aromatic carbocycles. The smallest absolute Gasteiger partial charge is 0.226 e. The van der Waals surface area contributed by atoms with Gasteiger partial charge in [0.25, 0.3) is 0 Å². The van der Waals surface area contributed by atoms with Crippen molar-refractivity contribution in [3.05, 3.63) is 71.9 Å². The maximum absolute atomic E-state index is 12.9. The number of hydrogen-bond donors (Lipinski definition) is 1. The lowest BCUT2D eigenvalue weighted by Crippen LogP contribution is -1.96. The molecule has 0 bridgehead atoms. The Hall–Kier alpha value is -3.15. The number of oxime groups is 1. The van der Waals surface area contributed by atoms with Crippen LogP contribution >= 0.6 is 0 Å². The first-order valence-corrected chi connectivity index (χ1v) is 6.85. The molecule has 23 heavy (non-hydrogen) atoms. The Morgan fingerprint density at radius 1 is 1.22 bits per heavy atom. The van der Waals surface area contributed by atoms with Gasteiger partial charge in [-0.3, -0.25) is 0 Å². The molecule has 1 N–H and O–H groups in total. The summed E-state index contributed by atoms with van der Waals surface area (Å²) in [5.41, 5.74) is 2.03. The minimum atomic E-state index is -0.310. The summed E-state index contributed by atoms with van der Waals surface area (Å²) in [6.07, 6.45) is 2.81. The number of aromatic nitrogens is 1. The van der Waals surface area contributed by atoms with Crippen LogP contribution in [0, 0.1) is 5.82 Å². The highest BCUT2D eigenvalue weighted by Crippen LogP contribution is 2.20. The molecule has 116 valence electrons. The molecule has 0 aliphatic rings. The molecule has 0 aliphatic heterocycles.